The summed E-state index contributed by atoms with van der Waals surface area (Å²) in [5.41, 5.74) is 2.04. The summed E-state index contributed by atoms with van der Waals surface area (Å²) in [5.74, 6) is -1.34. The molecule has 3 aromatic rings. The summed E-state index contributed by atoms with van der Waals surface area (Å²) in [7, 11) is 0. The normalized spacial score (nSPS) is 10.5. The first-order valence-electron chi connectivity index (χ1n) is 7.85. The Bertz CT molecular complexity index is 924. The van der Waals surface area contributed by atoms with Crippen LogP contribution in [0.1, 0.15) is 22.3 Å². The number of carbonyl (C=O) groups is 2. The monoisotopic (exact) mass is 386 g/mol. The van der Waals surface area contributed by atoms with E-state index in [4.69, 9.17) is 11.6 Å². The zero-order chi connectivity index (χ0) is 18.5. The molecule has 3 rings (SSSR count). The summed E-state index contributed by atoms with van der Waals surface area (Å²) < 4.78 is 0. The van der Waals surface area contributed by atoms with Crippen molar-refractivity contribution in [2.75, 3.05) is 5.32 Å². The van der Waals surface area contributed by atoms with Gasteiger partial charge >= 0.3 is 5.97 Å². The number of pyridine rings is 1. The Labute approximate surface area is 159 Å². The lowest BCUT2D eigenvalue weighted by Gasteiger charge is -2.06. The lowest BCUT2D eigenvalue weighted by atomic mass is 10.1. The lowest BCUT2D eigenvalue weighted by Crippen LogP contribution is -2.14. The number of rotatable bonds is 6. The fourth-order valence-corrected chi connectivity index (χ4v) is 3.55. The minimum atomic E-state index is -1.11. The topological polar surface area (TPSA) is 79.3 Å². The van der Waals surface area contributed by atoms with Crippen LogP contribution in [0.25, 0.3) is 11.3 Å². The third-order valence-electron chi connectivity index (χ3n) is 3.74. The largest absolute Gasteiger partial charge is 0.478 e. The smallest absolute Gasteiger partial charge is 0.339 e. The van der Waals surface area contributed by atoms with E-state index in [0.29, 0.717) is 27.7 Å². The van der Waals surface area contributed by atoms with Crippen LogP contribution in [-0.4, -0.2) is 22.0 Å². The second kappa shape index (κ2) is 8.12. The third-order valence-corrected chi connectivity index (χ3v) is 4.86. The van der Waals surface area contributed by atoms with E-state index in [2.05, 4.69) is 10.3 Å². The Morgan fingerprint density at radius 2 is 1.92 bits per heavy atom. The molecule has 5 nitrogen and oxygen atoms in total. The molecule has 1 amide bonds. The Morgan fingerprint density at radius 3 is 2.58 bits per heavy atom. The van der Waals surface area contributed by atoms with Gasteiger partial charge in [0.1, 0.15) is 10.6 Å². The average Bonchev–Trinajstić information content (AvgIpc) is 3.05. The van der Waals surface area contributed by atoms with Crippen LogP contribution in [0.4, 0.5) is 5.00 Å². The molecule has 0 saturated heterocycles. The predicted octanol–water partition coefficient (Wildman–Crippen LogP) is 4.73. The van der Waals surface area contributed by atoms with E-state index in [1.54, 1.807) is 17.5 Å². The summed E-state index contributed by atoms with van der Waals surface area (Å²) in [6.07, 6.45) is 2.32. The van der Waals surface area contributed by atoms with Crippen LogP contribution in [0.5, 0.6) is 0 Å². The highest BCUT2D eigenvalue weighted by Crippen LogP contribution is 2.35. The second-order valence-corrected chi connectivity index (χ2v) is 6.87. The molecule has 0 bridgehead atoms. The van der Waals surface area contributed by atoms with Crippen LogP contribution in [0.3, 0.4) is 0 Å². The van der Waals surface area contributed by atoms with Gasteiger partial charge in [-0.05, 0) is 24.1 Å². The van der Waals surface area contributed by atoms with Crippen LogP contribution in [-0.2, 0) is 11.2 Å². The molecule has 7 heteroatoms. The Balaban J connectivity index is 1.76. The SMILES string of the molecule is O=C(CCc1ccccc1)Nc1scc(-c2ccc(Cl)cn2)c1C(=O)O. The van der Waals surface area contributed by atoms with Crippen molar-refractivity contribution < 1.29 is 14.7 Å². The van der Waals surface area contributed by atoms with Crippen LogP contribution in [0.15, 0.2) is 54.0 Å². The van der Waals surface area contributed by atoms with Crippen LogP contribution in [0, 0.1) is 0 Å². The summed E-state index contributed by atoms with van der Waals surface area (Å²) in [6, 6.07) is 12.9. The van der Waals surface area contributed by atoms with E-state index >= 15 is 0 Å². The number of carbonyl (C=O) groups excluding carboxylic acids is 1. The van der Waals surface area contributed by atoms with Gasteiger partial charge in [-0.2, -0.15) is 0 Å². The quantitative estimate of drug-likeness (QED) is 0.641. The van der Waals surface area contributed by atoms with Gasteiger partial charge in [-0.25, -0.2) is 4.79 Å². The van der Waals surface area contributed by atoms with Crippen molar-refractivity contribution in [2.45, 2.75) is 12.8 Å². The summed E-state index contributed by atoms with van der Waals surface area (Å²) in [4.78, 5) is 28.1. The number of halogens is 1. The summed E-state index contributed by atoms with van der Waals surface area (Å²) in [5, 5.41) is 14.7. The number of hydrogen-bond donors (Lipinski definition) is 2. The molecule has 0 saturated carbocycles. The number of anilines is 1. The third kappa shape index (κ3) is 4.28. The molecule has 0 fully saturated rings. The predicted molar refractivity (Wildman–Crippen MR) is 103 cm³/mol. The van der Waals surface area contributed by atoms with Gasteiger partial charge in [-0.15, -0.1) is 11.3 Å². The first-order valence-corrected chi connectivity index (χ1v) is 9.11. The van der Waals surface area contributed by atoms with E-state index in [0.717, 1.165) is 5.56 Å². The zero-order valence-electron chi connectivity index (χ0n) is 13.6. The number of thiophene rings is 1. The van der Waals surface area contributed by atoms with Gasteiger partial charge in [0.25, 0.3) is 0 Å². The molecule has 2 heterocycles. The van der Waals surface area contributed by atoms with Crippen molar-refractivity contribution in [3.63, 3.8) is 0 Å². The second-order valence-electron chi connectivity index (χ2n) is 5.55. The van der Waals surface area contributed by atoms with Gasteiger partial charge in [0.15, 0.2) is 0 Å². The highest BCUT2D eigenvalue weighted by molar-refractivity contribution is 7.15. The van der Waals surface area contributed by atoms with Crippen LogP contribution in [0.2, 0.25) is 5.02 Å². The molecule has 132 valence electrons. The number of aryl methyl sites for hydroxylation is 1. The Morgan fingerprint density at radius 1 is 1.15 bits per heavy atom. The van der Waals surface area contributed by atoms with Gasteiger partial charge in [-0.1, -0.05) is 41.9 Å². The number of carboxylic acid groups (broad SMARTS) is 1. The standard InChI is InChI=1S/C19H15ClN2O3S/c20-13-7-8-15(21-10-13)14-11-26-18(17(14)19(24)25)22-16(23)9-6-12-4-2-1-3-5-12/h1-5,7-8,10-11H,6,9H2,(H,22,23)(H,24,25). The minimum absolute atomic E-state index is 0.0397. The maximum Gasteiger partial charge on any atom is 0.339 e. The number of aromatic nitrogens is 1. The summed E-state index contributed by atoms with van der Waals surface area (Å²) in [6.45, 7) is 0. The van der Waals surface area contributed by atoms with Crippen LogP contribution < -0.4 is 5.32 Å². The summed E-state index contributed by atoms with van der Waals surface area (Å²) >= 11 is 7.00. The Hall–Kier alpha value is -2.70. The molecule has 0 aliphatic rings. The molecule has 0 aliphatic carbocycles. The van der Waals surface area contributed by atoms with E-state index in [1.165, 1.54) is 17.5 Å². The molecule has 1 aromatic carbocycles. The zero-order valence-corrected chi connectivity index (χ0v) is 15.2. The fraction of sp³-hybridized carbons (Fsp3) is 0.105. The highest BCUT2D eigenvalue weighted by atomic mass is 35.5. The van der Waals surface area contributed by atoms with Crippen molar-refractivity contribution in [3.05, 3.63) is 70.2 Å². The fourth-order valence-electron chi connectivity index (χ4n) is 2.48. The molecule has 0 aliphatic heterocycles. The van der Waals surface area contributed by atoms with Crippen molar-refractivity contribution >= 4 is 39.8 Å². The Kier molecular flexibility index (Phi) is 5.65. The van der Waals surface area contributed by atoms with E-state index in [1.807, 2.05) is 30.3 Å². The van der Waals surface area contributed by atoms with Gasteiger partial charge in [-0.3, -0.25) is 9.78 Å². The van der Waals surface area contributed by atoms with Crippen molar-refractivity contribution in [1.29, 1.82) is 0 Å². The van der Waals surface area contributed by atoms with Gasteiger partial charge in [0.2, 0.25) is 5.91 Å². The average molecular weight is 387 g/mol. The maximum absolute atomic E-state index is 12.2. The molecule has 2 N–H and O–H groups in total. The van der Waals surface area contributed by atoms with Crippen molar-refractivity contribution in [1.82, 2.24) is 4.98 Å². The number of nitrogens with zero attached hydrogens (tertiary/aromatic N) is 1. The molecule has 26 heavy (non-hydrogen) atoms. The van der Waals surface area contributed by atoms with Gasteiger partial charge in [0, 0.05) is 23.6 Å². The number of nitrogens with one attached hydrogen (secondary N) is 1. The first kappa shape index (κ1) is 18.1. The molecule has 0 spiro atoms. The molecule has 0 radical (unpaired) electrons. The van der Waals surface area contributed by atoms with Crippen molar-refractivity contribution in [2.24, 2.45) is 0 Å². The van der Waals surface area contributed by atoms with Crippen molar-refractivity contribution in [3.8, 4) is 11.3 Å². The number of carboxylic acids is 1. The van der Waals surface area contributed by atoms with Crippen LogP contribution >= 0.6 is 22.9 Å². The number of benzene rings is 1. The van der Waals surface area contributed by atoms with Gasteiger partial charge in [0.05, 0.1) is 10.7 Å². The lowest BCUT2D eigenvalue weighted by molar-refractivity contribution is -0.116. The first-order chi connectivity index (χ1) is 12.5. The van der Waals surface area contributed by atoms with E-state index in [-0.39, 0.29) is 17.9 Å². The molecular weight excluding hydrogens is 372 g/mol. The number of aromatic carboxylic acids is 1. The molecular formula is C19H15ClN2O3S. The van der Waals surface area contributed by atoms with E-state index in [9.17, 15) is 14.7 Å². The van der Waals surface area contributed by atoms with Gasteiger partial charge < -0.3 is 10.4 Å². The minimum Gasteiger partial charge on any atom is -0.478 e. The highest BCUT2D eigenvalue weighted by Gasteiger charge is 2.21. The maximum atomic E-state index is 12.2. The molecule has 0 unspecified atom stereocenters. The van der Waals surface area contributed by atoms with E-state index < -0.39 is 5.97 Å². The number of amides is 1. The number of hydrogen-bond acceptors (Lipinski definition) is 4. The molecule has 2 aromatic heterocycles. The molecule has 0 atom stereocenters.